The highest BCUT2D eigenvalue weighted by molar-refractivity contribution is 7.17. The summed E-state index contributed by atoms with van der Waals surface area (Å²) in [7, 11) is 0. The molecule has 3 rings (SSSR count). The number of aryl methyl sites for hydroxylation is 1. The van der Waals surface area contributed by atoms with Crippen LogP contribution in [0.2, 0.25) is 0 Å². The largest absolute Gasteiger partial charge is 0.507 e. The number of hydrogen-bond donors (Lipinski definition) is 3. The van der Waals surface area contributed by atoms with E-state index < -0.39 is 5.56 Å². The van der Waals surface area contributed by atoms with Crippen LogP contribution in [0.5, 0.6) is 5.75 Å². The molecule has 6 nitrogen and oxygen atoms in total. The van der Waals surface area contributed by atoms with Crippen molar-refractivity contribution in [1.82, 2.24) is 15.3 Å². The lowest BCUT2D eigenvalue weighted by molar-refractivity contribution is 0.0954. The molecule has 1 amide bonds. The number of aromatic nitrogens is 2. The van der Waals surface area contributed by atoms with E-state index in [0.29, 0.717) is 10.6 Å². The number of rotatable bonds is 4. The summed E-state index contributed by atoms with van der Waals surface area (Å²) in [5, 5.41) is 12.9. The summed E-state index contributed by atoms with van der Waals surface area (Å²) < 4.78 is 12.9. The monoisotopic (exact) mass is 359 g/mol. The zero-order valence-corrected chi connectivity index (χ0v) is 14.0. The second kappa shape index (κ2) is 6.86. The molecule has 8 heteroatoms. The third kappa shape index (κ3) is 3.58. The van der Waals surface area contributed by atoms with E-state index in [1.54, 1.807) is 19.1 Å². The number of thiazole rings is 1. The Labute approximate surface area is 146 Å². The normalized spacial score (nSPS) is 10.6. The van der Waals surface area contributed by atoms with Gasteiger partial charge < -0.3 is 15.4 Å². The van der Waals surface area contributed by atoms with Crippen LogP contribution in [-0.2, 0) is 6.54 Å². The average molecular weight is 359 g/mol. The quantitative estimate of drug-likeness (QED) is 0.667. The first kappa shape index (κ1) is 16.8. The molecule has 3 aromatic rings. The lowest BCUT2D eigenvalue weighted by Gasteiger charge is -2.04. The van der Waals surface area contributed by atoms with Crippen molar-refractivity contribution in [2.45, 2.75) is 13.5 Å². The zero-order valence-electron chi connectivity index (χ0n) is 13.2. The second-order valence-corrected chi connectivity index (χ2v) is 6.31. The van der Waals surface area contributed by atoms with Gasteiger partial charge in [-0.25, -0.2) is 9.37 Å². The number of aromatic hydroxyl groups is 1. The predicted molar refractivity (Wildman–Crippen MR) is 92.1 cm³/mol. The van der Waals surface area contributed by atoms with Gasteiger partial charge in [-0.05, 0) is 30.7 Å². The molecular weight excluding hydrogens is 345 g/mol. The summed E-state index contributed by atoms with van der Waals surface area (Å²) in [6.07, 6.45) is 1.33. The van der Waals surface area contributed by atoms with E-state index in [2.05, 4.69) is 15.3 Å². The van der Waals surface area contributed by atoms with Crippen molar-refractivity contribution >= 4 is 17.2 Å². The highest BCUT2D eigenvalue weighted by atomic mass is 32.1. The number of hydrogen-bond acceptors (Lipinski definition) is 5. The second-order valence-electron chi connectivity index (χ2n) is 5.31. The molecule has 2 heterocycles. The predicted octanol–water partition coefficient (Wildman–Crippen LogP) is 2.58. The Morgan fingerprint density at radius 2 is 2.04 bits per heavy atom. The molecule has 0 aliphatic rings. The molecule has 1 aromatic carbocycles. The van der Waals surface area contributed by atoms with Gasteiger partial charge in [-0.2, -0.15) is 0 Å². The molecule has 128 valence electrons. The number of benzene rings is 1. The third-order valence-electron chi connectivity index (χ3n) is 3.52. The van der Waals surface area contributed by atoms with Crippen LogP contribution in [0.4, 0.5) is 4.39 Å². The zero-order chi connectivity index (χ0) is 18.0. The third-order valence-corrected chi connectivity index (χ3v) is 4.70. The molecule has 0 spiro atoms. The molecule has 0 saturated heterocycles. The first-order chi connectivity index (χ1) is 12.0. The Morgan fingerprint density at radius 1 is 1.32 bits per heavy atom. The Balaban J connectivity index is 1.81. The lowest BCUT2D eigenvalue weighted by atomic mass is 10.2. The first-order valence-corrected chi connectivity index (χ1v) is 8.18. The molecule has 0 bridgehead atoms. The highest BCUT2D eigenvalue weighted by Crippen LogP contribution is 2.30. The summed E-state index contributed by atoms with van der Waals surface area (Å²) >= 11 is 1.02. The number of amides is 1. The van der Waals surface area contributed by atoms with Crippen LogP contribution >= 0.6 is 11.3 Å². The van der Waals surface area contributed by atoms with Crippen molar-refractivity contribution < 1.29 is 14.3 Å². The van der Waals surface area contributed by atoms with Gasteiger partial charge in [0.1, 0.15) is 27.0 Å². The number of halogens is 1. The van der Waals surface area contributed by atoms with Crippen molar-refractivity contribution in [1.29, 1.82) is 0 Å². The van der Waals surface area contributed by atoms with Crippen LogP contribution in [-0.4, -0.2) is 21.0 Å². The number of carbonyl (C=O) groups excluding carboxylic acids is 1. The SMILES string of the molecule is Cc1nc(-c2c(O)cc[nH]c2=O)sc1C(=O)NCc1ccc(F)cc1. The number of pyridine rings is 1. The molecule has 2 aromatic heterocycles. The first-order valence-electron chi connectivity index (χ1n) is 7.37. The van der Waals surface area contributed by atoms with E-state index in [1.807, 2.05) is 0 Å². The van der Waals surface area contributed by atoms with Crippen LogP contribution in [0.1, 0.15) is 20.9 Å². The molecule has 0 saturated carbocycles. The highest BCUT2D eigenvalue weighted by Gasteiger charge is 2.19. The maximum Gasteiger partial charge on any atom is 0.263 e. The van der Waals surface area contributed by atoms with Gasteiger partial charge in [0.25, 0.3) is 11.5 Å². The summed E-state index contributed by atoms with van der Waals surface area (Å²) in [6.45, 7) is 1.89. The van der Waals surface area contributed by atoms with E-state index >= 15 is 0 Å². The summed E-state index contributed by atoms with van der Waals surface area (Å²) in [4.78, 5) is 31.3. The van der Waals surface area contributed by atoms with Gasteiger partial charge in [-0.1, -0.05) is 12.1 Å². The fourth-order valence-corrected chi connectivity index (χ4v) is 3.29. The average Bonchev–Trinajstić information content (AvgIpc) is 2.95. The van der Waals surface area contributed by atoms with Gasteiger partial charge >= 0.3 is 0 Å². The fourth-order valence-electron chi connectivity index (χ4n) is 2.25. The van der Waals surface area contributed by atoms with Gasteiger partial charge in [0.05, 0.1) is 5.69 Å². The summed E-state index contributed by atoms with van der Waals surface area (Å²) in [5.41, 5.74) is 0.772. The number of H-pyrrole nitrogens is 1. The van der Waals surface area contributed by atoms with E-state index in [-0.39, 0.29) is 34.6 Å². The number of carbonyl (C=O) groups is 1. The molecule has 0 aliphatic heterocycles. The van der Waals surface area contributed by atoms with E-state index in [9.17, 15) is 19.1 Å². The summed E-state index contributed by atoms with van der Waals surface area (Å²) in [6, 6.07) is 7.16. The lowest BCUT2D eigenvalue weighted by Crippen LogP contribution is -2.22. The number of aromatic amines is 1. The minimum atomic E-state index is -0.480. The van der Waals surface area contributed by atoms with E-state index in [4.69, 9.17) is 0 Å². The van der Waals surface area contributed by atoms with Crippen LogP contribution in [0.15, 0.2) is 41.3 Å². The molecule has 0 unspecified atom stereocenters. The Bertz CT molecular complexity index is 980. The molecule has 0 fully saturated rings. The maximum absolute atomic E-state index is 12.9. The van der Waals surface area contributed by atoms with Crippen LogP contribution in [0, 0.1) is 12.7 Å². The van der Waals surface area contributed by atoms with Crippen molar-refractivity contribution in [2.24, 2.45) is 0 Å². The van der Waals surface area contributed by atoms with E-state index in [1.165, 1.54) is 24.4 Å². The van der Waals surface area contributed by atoms with Gasteiger partial charge in [-0.3, -0.25) is 9.59 Å². The summed E-state index contributed by atoms with van der Waals surface area (Å²) in [5.74, 6) is -0.890. The molecule has 3 N–H and O–H groups in total. The topological polar surface area (TPSA) is 95.1 Å². The Morgan fingerprint density at radius 3 is 2.72 bits per heavy atom. The molecule has 25 heavy (non-hydrogen) atoms. The molecule has 0 aliphatic carbocycles. The van der Waals surface area contributed by atoms with Gasteiger partial charge in [0, 0.05) is 12.7 Å². The van der Waals surface area contributed by atoms with Crippen molar-refractivity contribution in [3.63, 3.8) is 0 Å². The maximum atomic E-state index is 12.9. The minimum Gasteiger partial charge on any atom is -0.507 e. The number of nitrogens with one attached hydrogen (secondary N) is 2. The van der Waals surface area contributed by atoms with Crippen LogP contribution < -0.4 is 10.9 Å². The van der Waals surface area contributed by atoms with Crippen LogP contribution in [0.3, 0.4) is 0 Å². The Hall–Kier alpha value is -3.00. The van der Waals surface area contributed by atoms with Gasteiger partial charge in [-0.15, -0.1) is 11.3 Å². The van der Waals surface area contributed by atoms with Crippen molar-refractivity contribution in [2.75, 3.05) is 0 Å². The van der Waals surface area contributed by atoms with E-state index in [0.717, 1.165) is 16.9 Å². The Kier molecular flexibility index (Phi) is 4.62. The smallest absolute Gasteiger partial charge is 0.263 e. The van der Waals surface area contributed by atoms with Gasteiger partial charge in [0.15, 0.2) is 0 Å². The van der Waals surface area contributed by atoms with Crippen molar-refractivity contribution in [3.05, 3.63) is 68.8 Å². The molecular formula is C17H14FN3O3S. The van der Waals surface area contributed by atoms with Crippen molar-refractivity contribution in [3.8, 4) is 16.3 Å². The number of nitrogens with zero attached hydrogens (tertiary/aromatic N) is 1. The molecule has 0 atom stereocenters. The standard InChI is InChI=1S/C17H14FN3O3S/c1-9-14(16(24)20-8-10-2-4-11(18)5-3-10)25-17(21-9)13-12(22)6-7-19-15(13)23/h2-7H,8H2,1H3,(H,20,24)(H2,19,22,23). The molecule has 0 radical (unpaired) electrons. The van der Waals surface area contributed by atoms with Crippen LogP contribution in [0.25, 0.3) is 10.6 Å². The van der Waals surface area contributed by atoms with Gasteiger partial charge in [0.2, 0.25) is 0 Å². The minimum absolute atomic E-state index is 0.0354. The fraction of sp³-hybridized carbons (Fsp3) is 0.118.